The number of benzene rings is 2. The number of halogens is 2. The van der Waals surface area contributed by atoms with E-state index in [1.165, 1.54) is 0 Å². The average Bonchev–Trinajstić information content (AvgIpc) is 2.62. The van der Waals surface area contributed by atoms with Gasteiger partial charge in [-0.2, -0.15) is 0 Å². The lowest BCUT2D eigenvalue weighted by Gasteiger charge is -2.26. The summed E-state index contributed by atoms with van der Waals surface area (Å²) in [6.45, 7) is 1.85. The van der Waals surface area contributed by atoms with E-state index < -0.39 is 0 Å². The molecule has 0 spiro atoms. The second kappa shape index (κ2) is 9.21. The molecule has 1 unspecified atom stereocenters. The molecule has 1 aliphatic heterocycles. The van der Waals surface area contributed by atoms with Gasteiger partial charge in [-0.1, -0.05) is 58.4 Å². The molecule has 1 fully saturated rings. The van der Waals surface area contributed by atoms with Crippen LogP contribution in [0.15, 0.2) is 59.1 Å². The quantitative estimate of drug-likeness (QED) is 0.799. The van der Waals surface area contributed by atoms with Crippen LogP contribution in [0.2, 0.25) is 0 Å². The maximum atomic E-state index is 12.7. The van der Waals surface area contributed by atoms with E-state index >= 15 is 0 Å². The van der Waals surface area contributed by atoms with Gasteiger partial charge in [-0.3, -0.25) is 4.79 Å². The average molecular weight is 410 g/mol. The van der Waals surface area contributed by atoms with Crippen molar-refractivity contribution in [1.82, 2.24) is 10.6 Å². The molecule has 0 aromatic heterocycles. The molecule has 1 amide bonds. The first kappa shape index (κ1) is 19.0. The molecule has 0 radical (unpaired) electrons. The lowest BCUT2D eigenvalue weighted by molar-refractivity contribution is -0.126. The van der Waals surface area contributed by atoms with Gasteiger partial charge in [-0.25, -0.2) is 0 Å². The fraction of sp³-hybridized carbons (Fsp3) is 0.316. The maximum Gasteiger partial charge on any atom is 0.223 e. The Morgan fingerprint density at radius 1 is 1.00 bits per heavy atom. The zero-order chi connectivity index (χ0) is 16.1. The number of hydrogen-bond donors (Lipinski definition) is 2. The molecular weight excluding hydrogens is 388 g/mol. The Morgan fingerprint density at radius 2 is 1.58 bits per heavy atom. The Kier molecular flexibility index (Phi) is 7.28. The number of hydrogen-bond acceptors (Lipinski definition) is 2. The second-order valence-corrected chi connectivity index (χ2v) is 6.84. The third kappa shape index (κ3) is 4.82. The number of rotatable bonds is 4. The molecule has 0 saturated carbocycles. The van der Waals surface area contributed by atoms with Crippen molar-refractivity contribution < 1.29 is 4.79 Å². The van der Waals surface area contributed by atoms with Crippen molar-refractivity contribution in [2.75, 3.05) is 13.1 Å². The summed E-state index contributed by atoms with van der Waals surface area (Å²) < 4.78 is 1.04. The van der Waals surface area contributed by atoms with Gasteiger partial charge < -0.3 is 10.6 Å². The van der Waals surface area contributed by atoms with Crippen LogP contribution in [0, 0.1) is 5.92 Å². The zero-order valence-corrected chi connectivity index (χ0v) is 15.8. The number of carbonyl (C=O) groups is 1. The molecule has 128 valence electrons. The molecule has 24 heavy (non-hydrogen) atoms. The first-order valence-corrected chi connectivity index (χ1v) is 8.85. The molecule has 3 rings (SSSR count). The van der Waals surface area contributed by atoms with Gasteiger partial charge in [-0.15, -0.1) is 12.4 Å². The highest BCUT2D eigenvalue weighted by Crippen LogP contribution is 2.25. The molecular formula is C19H22BrClN2O. The van der Waals surface area contributed by atoms with Gasteiger partial charge in [0, 0.05) is 10.4 Å². The Balaban J connectivity index is 0.00000208. The van der Waals surface area contributed by atoms with Crippen LogP contribution in [0.25, 0.3) is 0 Å². The minimum absolute atomic E-state index is 0. The van der Waals surface area contributed by atoms with Gasteiger partial charge in [0.05, 0.1) is 6.04 Å². The van der Waals surface area contributed by atoms with Crippen molar-refractivity contribution in [1.29, 1.82) is 0 Å². The van der Waals surface area contributed by atoms with E-state index in [2.05, 4.69) is 50.8 Å². The van der Waals surface area contributed by atoms with Crippen molar-refractivity contribution in [2.24, 2.45) is 5.92 Å². The van der Waals surface area contributed by atoms with Gasteiger partial charge in [0.1, 0.15) is 0 Å². The van der Waals surface area contributed by atoms with Crippen LogP contribution in [-0.4, -0.2) is 19.0 Å². The smallest absolute Gasteiger partial charge is 0.223 e. The Bertz CT molecular complexity index is 642. The Labute approximate surface area is 157 Å². The van der Waals surface area contributed by atoms with Gasteiger partial charge in [0.25, 0.3) is 0 Å². The summed E-state index contributed by atoms with van der Waals surface area (Å²) in [6, 6.07) is 18.2. The van der Waals surface area contributed by atoms with Crippen molar-refractivity contribution in [2.45, 2.75) is 18.9 Å². The van der Waals surface area contributed by atoms with Gasteiger partial charge in [0.15, 0.2) is 0 Å². The molecule has 1 atom stereocenters. The third-order valence-electron chi connectivity index (χ3n) is 4.33. The van der Waals surface area contributed by atoms with Crippen LogP contribution in [0.1, 0.15) is 30.0 Å². The summed E-state index contributed by atoms with van der Waals surface area (Å²) in [5.41, 5.74) is 2.21. The van der Waals surface area contributed by atoms with Gasteiger partial charge in [0.2, 0.25) is 5.91 Å². The van der Waals surface area contributed by atoms with E-state index in [-0.39, 0.29) is 30.3 Å². The molecule has 2 aromatic rings. The van der Waals surface area contributed by atoms with Crippen LogP contribution < -0.4 is 10.6 Å². The summed E-state index contributed by atoms with van der Waals surface area (Å²) in [5, 5.41) is 6.56. The fourth-order valence-electron chi connectivity index (χ4n) is 3.00. The van der Waals surface area contributed by atoms with Gasteiger partial charge in [-0.05, 0) is 49.2 Å². The first-order chi connectivity index (χ1) is 11.2. The predicted molar refractivity (Wildman–Crippen MR) is 103 cm³/mol. The first-order valence-electron chi connectivity index (χ1n) is 8.05. The summed E-state index contributed by atoms with van der Waals surface area (Å²) in [5.74, 6) is 0.265. The highest BCUT2D eigenvalue weighted by Gasteiger charge is 2.24. The minimum Gasteiger partial charge on any atom is -0.345 e. The molecule has 1 saturated heterocycles. The topological polar surface area (TPSA) is 41.1 Å². The standard InChI is InChI=1S/C19H21BrN2O.ClH/c20-17-8-6-15(7-9-17)18(14-4-2-1-3-5-14)22-19(23)16-10-12-21-13-11-16;/h1-9,16,18,21H,10-13H2,(H,22,23);1H. The van der Waals surface area contributed by atoms with Crippen LogP contribution >= 0.6 is 28.3 Å². The summed E-state index contributed by atoms with van der Waals surface area (Å²) >= 11 is 3.47. The normalized spacial score (nSPS) is 16.0. The molecule has 2 N–H and O–H groups in total. The maximum absolute atomic E-state index is 12.7. The summed E-state index contributed by atoms with van der Waals surface area (Å²) in [4.78, 5) is 12.7. The largest absolute Gasteiger partial charge is 0.345 e. The number of carbonyl (C=O) groups excluding carboxylic acids is 1. The minimum atomic E-state index is -0.105. The van der Waals surface area contributed by atoms with Crippen LogP contribution in [0.3, 0.4) is 0 Å². The summed E-state index contributed by atoms with van der Waals surface area (Å²) in [7, 11) is 0. The monoisotopic (exact) mass is 408 g/mol. The molecule has 0 bridgehead atoms. The van der Waals surface area contributed by atoms with Crippen molar-refractivity contribution in [3.8, 4) is 0 Å². The highest BCUT2D eigenvalue weighted by atomic mass is 79.9. The van der Waals surface area contributed by atoms with Gasteiger partial charge >= 0.3 is 0 Å². The third-order valence-corrected chi connectivity index (χ3v) is 4.86. The Morgan fingerprint density at radius 3 is 2.21 bits per heavy atom. The summed E-state index contributed by atoms with van der Waals surface area (Å²) in [6.07, 6.45) is 1.82. The van der Waals surface area contributed by atoms with Crippen LogP contribution in [0.4, 0.5) is 0 Å². The fourth-order valence-corrected chi connectivity index (χ4v) is 3.27. The zero-order valence-electron chi connectivity index (χ0n) is 13.4. The van der Waals surface area contributed by atoms with E-state index in [0.717, 1.165) is 41.5 Å². The lowest BCUT2D eigenvalue weighted by Crippen LogP contribution is -2.40. The molecule has 0 aliphatic carbocycles. The SMILES string of the molecule is Cl.O=C(NC(c1ccccc1)c1ccc(Br)cc1)C1CCNCC1. The predicted octanol–water partition coefficient (Wildman–Crippen LogP) is 4.08. The molecule has 2 aromatic carbocycles. The molecule has 3 nitrogen and oxygen atoms in total. The van der Waals surface area contributed by atoms with E-state index in [9.17, 15) is 4.79 Å². The molecule has 1 heterocycles. The highest BCUT2D eigenvalue weighted by molar-refractivity contribution is 9.10. The van der Waals surface area contributed by atoms with Crippen molar-refractivity contribution in [3.63, 3.8) is 0 Å². The van der Waals surface area contributed by atoms with E-state index in [0.29, 0.717) is 0 Å². The Hall–Kier alpha value is -1.36. The van der Waals surface area contributed by atoms with E-state index in [1.807, 2.05) is 30.3 Å². The van der Waals surface area contributed by atoms with Crippen molar-refractivity contribution in [3.05, 3.63) is 70.2 Å². The van der Waals surface area contributed by atoms with E-state index in [1.54, 1.807) is 0 Å². The van der Waals surface area contributed by atoms with Crippen LogP contribution in [0.5, 0.6) is 0 Å². The number of piperidine rings is 1. The van der Waals surface area contributed by atoms with Crippen LogP contribution in [-0.2, 0) is 4.79 Å². The van der Waals surface area contributed by atoms with E-state index in [4.69, 9.17) is 0 Å². The lowest BCUT2D eigenvalue weighted by atomic mass is 9.94. The second-order valence-electron chi connectivity index (χ2n) is 5.93. The molecule has 1 aliphatic rings. The van der Waals surface area contributed by atoms with Crippen molar-refractivity contribution >= 4 is 34.2 Å². The number of nitrogens with one attached hydrogen (secondary N) is 2. The number of amides is 1. The molecule has 5 heteroatoms.